The highest BCUT2D eigenvalue weighted by atomic mass is 35.5. The average Bonchev–Trinajstić information content (AvgIpc) is 2.45. The van der Waals surface area contributed by atoms with E-state index in [2.05, 4.69) is 23.2 Å². The summed E-state index contributed by atoms with van der Waals surface area (Å²) in [5.41, 5.74) is 4.95. The van der Waals surface area contributed by atoms with Crippen molar-refractivity contribution in [3.05, 3.63) is 29.8 Å². The minimum Gasteiger partial charge on any atom is -0.302 e. The van der Waals surface area contributed by atoms with Crippen LogP contribution in [0.5, 0.6) is 0 Å². The molecule has 1 aliphatic heterocycles. The lowest BCUT2D eigenvalue weighted by Crippen LogP contribution is -2.28. The van der Waals surface area contributed by atoms with Gasteiger partial charge in [-0.15, -0.1) is 11.6 Å². The molecule has 7 heteroatoms. The number of thiol groups is 1. The van der Waals surface area contributed by atoms with Crippen molar-refractivity contribution in [2.45, 2.75) is 12.8 Å². The molecule has 1 heterocycles. The van der Waals surface area contributed by atoms with Gasteiger partial charge in [-0.25, -0.2) is 5.43 Å². The number of carbonyl (C=O) groups excluding carboxylic acids is 2. The van der Waals surface area contributed by atoms with E-state index in [-0.39, 0.29) is 11.1 Å². The molecular weight excluding hydrogens is 298 g/mol. The van der Waals surface area contributed by atoms with Gasteiger partial charge in [-0.05, 0) is 17.7 Å². The van der Waals surface area contributed by atoms with E-state index < -0.39 is 0 Å². The van der Waals surface area contributed by atoms with Crippen LogP contribution in [0.2, 0.25) is 0 Å². The molecule has 0 fully saturated rings. The number of carbonyl (C=O) groups is 2. The number of hydrogen-bond donors (Lipinski definition) is 2. The van der Waals surface area contributed by atoms with Crippen molar-refractivity contribution in [2.75, 3.05) is 17.3 Å². The van der Waals surface area contributed by atoms with Crippen molar-refractivity contribution in [3.8, 4) is 0 Å². The molecule has 0 spiro atoms. The monoisotopic (exact) mass is 311 g/mol. The van der Waals surface area contributed by atoms with Crippen LogP contribution in [-0.2, 0) is 4.79 Å². The summed E-state index contributed by atoms with van der Waals surface area (Å²) < 4.78 is 0. The predicted octanol–water partition coefficient (Wildman–Crippen LogP) is 2.40. The zero-order valence-corrected chi connectivity index (χ0v) is 12.3. The Labute approximate surface area is 127 Å². The van der Waals surface area contributed by atoms with Crippen molar-refractivity contribution in [3.63, 3.8) is 0 Å². The lowest BCUT2D eigenvalue weighted by Gasteiger charge is -2.20. The molecule has 0 atom stereocenters. The number of hydrazone groups is 1. The van der Waals surface area contributed by atoms with Crippen molar-refractivity contribution in [1.29, 1.82) is 0 Å². The van der Waals surface area contributed by atoms with E-state index in [0.29, 0.717) is 25.3 Å². The van der Waals surface area contributed by atoms with E-state index >= 15 is 0 Å². The third-order valence-corrected chi connectivity index (χ3v) is 3.37. The molecule has 0 aliphatic carbocycles. The van der Waals surface area contributed by atoms with Crippen LogP contribution in [0.25, 0.3) is 0 Å². The largest absolute Gasteiger partial charge is 0.302 e. The van der Waals surface area contributed by atoms with Crippen molar-refractivity contribution < 1.29 is 9.59 Å². The van der Waals surface area contributed by atoms with Gasteiger partial charge in [0.25, 0.3) is 5.24 Å². The third-order valence-electron chi connectivity index (χ3n) is 2.96. The Morgan fingerprint density at radius 1 is 1.35 bits per heavy atom. The molecule has 1 aromatic carbocycles. The van der Waals surface area contributed by atoms with E-state index in [1.54, 1.807) is 0 Å². The summed E-state index contributed by atoms with van der Waals surface area (Å²) in [6, 6.07) is 7.36. The summed E-state index contributed by atoms with van der Waals surface area (Å²) in [5, 5.41) is 3.68. The maximum absolute atomic E-state index is 11.4. The topological polar surface area (TPSA) is 61.8 Å². The van der Waals surface area contributed by atoms with Gasteiger partial charge in [-0.3, -0.25) is 9.59 Å². The molecule has 0 radical (unpaired) electrons. The molecule has 0 saturated carbocycles. The van der Waals surface area contributed by atoms with Gasteiger partial charge in [0.05, 0.1) is 5.71 Å². The zero-order chi connectivity index (χ0) is 14.5. The molecule has 0 unspecified atom stereocenters. The fourth-order valence-electron chi connectivity index (χ4n) is 1.94. The number of benzene rings is 1. The van der Waals surface area contributed by atoms with Crippen LogP contribution in [0.3, 0.4) is 0 Å². The highest BCUT2D eigenvalue weighted by molar-refractivity contribution is 7.96. The Hall–Kier alpha value is -1.53. The quantitative estimate of drug-likeness (QED) is 0.662. The van der Waals surface area contributed by atoms with Gasteiger partial charge in [0.1, 0.15) is 0 Å². The van der Waals surface area contributed by atoms with Crippen LogP contribution in [0, 0.1) is 0 Å². The molecule has 1 aliphatic rings. The zero-order valence-electron chi connectivity index (χ0n) is 10.7. The van der Waals surface area contributed by atoms with Crippen LogP contribution in [0.15, 0.2) is 29.4 Å². The fraction of sp³-hybridized carbons (Fsp3) is 0.308. The first-order valence-corrected chi connectivity index (χ1v) is 7.12. The van der Waals surface area contributed by atoms with Crippen molar-refractivity contribution >= 4 is 46.8 Å². The molecule has 1 N–H and O–H groups in total. The molecule has 5 nitrogen and oxygen atoms in total. The summed E-state index contributed by atoms with van der Waals surface area (Å²) in [5.74, 6) is 0.270. The van der Waals surface area contributed by atoms with E-state index in [0.717, 1.165) is 17.0 Å². The second-order valence-corrected chi connectivity index (χ2v) is 5.02. The van der Waals surface area contributed by atoms with Crippen molar-refractivity contribution in [1.82, 2.24) is 5.43 Å². The Balaban J connectivity index is 2.17. The van der Waals surface area contributed by atoms with Gasteiger partial charge >= 0.3 is 0 Å². The molecular formula is C13H14ClN3O2S. The lowest BCUT2D eigenvalue weighted by molar-refractivity contribution is -0.121. The number of amides is 2. The molecule has 0 saturated heterocycles. The molecule has 106 valence electrons. The second-order valence-electron chi connectivity index (χ2n) is 4.26. The summed E-state index contributed by atoms with van der Waals surface area (Å²) in [7, 11) is 0. The average molecular weight is 312 g/mol. The summed E-state index contributed by atoms with van der Waals surface area (Å²) in [4.78, 5) is 24.0. The first kappa shape index (κ1) is 14.9. The maximum atomic E-state index is 11.4. The van der Waals surface area contributed by atoms with Gasteiger partial charge in [-0.2, -0.15) is 5.10 Å². The van der Waals surface area contributed by atoms with Gasteiger partial charge in [-0.1, -0.05) is 24.8 Å². The molecule has 0 aromatic heterocycles. The highest BCUT2D eigenvalue weighted by Gasteiger charge is 2.15. The molecule has 2 rings (SSSR count). The summed E-state index contributed by atoms with van der Waals surface area (Å²) in [6.07, 6.45) is 1.05. The molecule has 2 amide bonds. The summed E-state index contributed by atoms with van der Waals surface area (Å²) in [6.45, 7) is 0.403. The molecule has 1 aromatic rings. The lowest BCUT2D eigenvalue weighted by atomic mass is 10.0. The SMILES string of the molecule is O=C1CCC(c2ccc(N(CCCl)C(=O)S)cc2)=NN1. The van der Waals surface area contributed by atoms with Gasteiger partial charge in [0, 0.05) is 31.0 Å². The predicted molar refractivity (Wildman–Crippen MR) is 82.8 cm³/mol. The summed E-state index contributed by atoms with van der Waals surface area (Å²) >= 11 is 9.50. The first-order valence-electron chi connectivity index (χ1n) is 6.14. The van der Waals surface area contributed by atoms with Crippen molar-refractivity contribution in [2.24, 2.45) is 5.10 Å². The maximum Gasteiger partial charge on any atom is 0.283 e. The van der Waals surface area contributed by atoms with E-state index in [1.165, 1.54) is 4.90 Å². The Kier molecular flexibility index (Phi) is 5.03. The van der Waals surface area contributed by atoms with Crippen LogP contribution in [0.4, 0.5) is 10.5 Å². The number of halogens is 1. The van der Waals surface area contributed by atoms with Gasteiger partial charge < -0.3 is 4.90 Å². The Bertz CT molecular complexity index is 545. The Morgan fingerprint density at radius 2 is 2.05 bits per heavy atom. The number of nitrogens with one attached hydrogen (secondary N) is 1. The smallest absolute Gasteiger partial charge is 0.283 e. The van der Waals surface area contributed by atoms with Crippen LogP contribution in [0.1, 0.15) is 18.4 Å². The standard InChI is InChI=1S/C13H14ClN3O2S/c14-7-8-17(13(19)20)10-3-1-9(2-4-10)11-5-6-12(18)16-15-11/h1-4H,5-8H2,(H,16,18)(H,19,20). The third kappa shape index (κ3) is 3.52. The number of hydrogen-bond acceptors (Lipinski definition) is 3. The normalized spacial score (nSPS) is 14.5. The Morgan fingerprint density at radius 3 is 2.55 bits per heavy atom. The van der Waals surface area contributed by atoms with E-state index in [4.69, 9.17) is 11.6 Å². The van der Waals surface area contributed by atoms with Gasteiger partial charge in [0.15, 0.2) is 0 Å². The van der Waals surface area contributed by atoms with Crippen LogP contribution < -0.4 is 10.3 Å². The van der Waals surface area contributed by atoms with E-state index in [1.807, 2.05) is 24.3 Å². The molecule has 20 heavy (non-hydrogen) atoms. The number of alkyl halides is 1. The minimum atomic E-state index is -0.347. The number of anilines is 1. The van der Waals surface area contributed by atoms with Gasteiger partial charge in [0.2, 0.25) is 5.91 Å². The molecule has 0 bridgehead atoms. The minimum absolute atomic E-state index is 0.0701. The fourth-order valence-corrected chi connectivity index (χ4v) is 2.32. The highest BCUT2D eigenvalue weighted by Crippen LogP contribution is 2.19. The van der Waals surface area contributed by atoms with Crippen LogP contribution in [-0.4, -0.2) is 29.3 Å². The second kappa shape index (κ2) is 6.76. The van der Waals surface area contributed by atoms with E-state index in [9.17, 15) is 9.59 Å². The van der Waals surface area contributed by atoms with Crippen LogP contribution >= 0.6 is 24.2 Å². The number of rotatable bonds is 4. The number of nitrogens with zero attached hydrogens (tertiary/aromatic N) is 2. The first-order chi connectivity index (χ1) is 9.61.